The number of anilines is 2. The molecule has 2 rings (SSSR count). The summed E-state index contributed by atoms with van der Waals surface area (Å²) >= 11 is 0. The van der Waals surface area contributed by atoms with Crippen molar-refractivity contribution in [2.75, 3.05) is 17.7 Å². The molecule has 0 spiro atoms. The summed E-state index contributed by atoms with van der Waals surface area (Å²) in [7, 11) is 0. The first kappa shape index (κ1) is 14.4. The van der Waals surface area contributed by atoms with E-state index in [4.69, 9.17) is 15.7 Å². The Morgan fingerprint density at radius 2 is 2.00 bits per heavy atom. The molecule has 2 aromatic carbocycles. The molecule has 0 radical (unpaired) electrons. The van der Waals surface area contributed by atoms with Gasteiger partial charge in [0.25, 0.3) is 0 Å². The molecule has 3 N–H and O–H groups in total. The topological polar surface area (TPSA) is 88.1 Å². The minimum absolute atomic E-state index is 0.166. The average Bonchev–Trinajstić information content (AvgIpc) is 2.49. The zero-order valence-corrected chi connectivity index (χ0v) is 11.4. The number of carbonyl (C=O) groups is 1. The summed E-state index contributed by atoms with van der Waals surface area (Å²) in [5.41, 5.74) is 7.34. The van der Waals surface area contributed by atoms with Crippen LogP contribution < -0.4 is 15.8 Å². The molecular weight excluding hydrogens is 266 g/mol. The van der Waals surface area contributed by atoms with Crippen LogP contribution in [-0.2, 0) is 4.79 Å². The Kier molecular flexibility index (Phi) is 4.78. The molecule has 0 aliphatic carbocycles. The lowest BCUT2D eigenvalue weighted by Gasteiger charge is -2.07. The van der Waals surface area contributed by atoms with Gasteiger partial charge in [0.2, 0.25) is 5.91 Å². The number of benzene rings is 2. The van der Waals surface area contributed by atoms with E-state index >= 15 is 0 Å². The largest absolute Gasteiger partial charge is 0.493 e. The molecule has 5 nitrogen and oxygen atoms in total. The second kappa shape index (κ2) is 6.96. The predicted octanol–water partition coefficient (Wildman–Crippen LogP) is 2.55. The summed E-state index contributed by atoms with van der Waals surface area (Å²) in [4.78, 5) is 11.8. The molecule has 0 bridgehead atoms. The van der Waals surface area contributed by atoms with Crippen LogP contribution in [0.4, 0.5) is 11.4 Å². The molecule has 1 amide bonds. The van der Waals surface area contributed by atoms with Crippen molar-refractivity contribution >= 4 is 17.3 Å². The van der Waals surface area contributed by atoms with Gasteiger partial charge in [-0.15, -0.1) is 0 Å². The SMILES string of the molecule is N#Cc1cccc(NC(=O)CCOc2ccc(N)cc2)c1. The van der Waals surface area contributed by atoms with Gasteiger partial charge in [0.1, 0.15) is 5.75 Å². The molecule has 0 fully saturated rings. The van der Waals surface area contributed by atoms with Gasteiger partial charge in [-0.2, -0.15) is 5.26 Å². The van der Waals surface area contributed by atoms with E-state index in [2.05, 4.69) is 5.32 Å². The highest BCUT2D eigenvalue weighted by Crippen LogP contribution is 2.14. The van der Waals surface area contributed by atoms with Crippen molar-refractivity contribution in [2.45, 2.75) is 6.42 Å². The Balaban J connectivity index is 1.79. The third kappa shape index (κ3) is 4.55. The fourth-order valence-electron chi connectivity index (χ4n) is 1.72. The highest BCUT2D eigenvalue weighted by molar-refractivity contribution is 5.90. The molecule has 2 aromatic rings. The van der Waals surface area contributed by atoms with Gasteiger partial charge in [-0.25, -0.2) is 0 Å². The van der Waals surface area contributed by atoms with Crippen LogP contribution in [0.2, 0.25) is 0 Å². The van der Waals surface area contributed by atoms with Crippen molar-refractivity contribution in [1.82, 2.24) is 0 Å². The van der Waals surface area contributed by atoms with Gasteiger partial charge in [0.15, 0.2) is 0 Å². The van der Waals surface area contributed by atoms with Crippen LogP contribution in [0.1, 0.15) is 12.0 Å². The summed E-state index contributed by atoms with van der Waals surface area (Å²) in [6.45, 7) is 0.272. The Morgan fingerprint density at radius 1 is 1.24 bits per heavy atom. The molecule has 0 aromatic heterocycles. The number of nitriles is 1. The van der Waals surface area contributed by atoms with Crippen LogP contribution in [0.5, 0.6) is 5.75 Å². The van der Waals surface area contributed by atoms with E-state index in [0.717, 1.165) is 0 Å². The summed E-state index contributed by atoms with van der Waals surface area (Å²) < 4.78 is 5.45. The van der Waals surface area contributed by atoms with Gasteiger partial charge in [-0.1, -0.05) is 6.07 Å². The highest BCUT2D eigenvalue weighted by Gasteiger charge is 2.03. The van der Waals surface area contributed by atoms with E-state index < -0.39 is 0 Å². The van der Waals surface area contributed by atoms with Gasteiger partial charge < -0.3 is 15.8 Å². The number of amides is 1. The van der Waals surface area contributed by atoms with E-state index in [1.807, 2.05) is 6.07 Å². The molecule has 0 aliphatic rings. The monoisotopic (exact) mass is 281 g/mol. The summed E-state index contributed by atoms with van der Waals surface area (Å²) in [5, 5.41) is 11.5. The zero-order chi connectivity index (χ0) is 15.1. The van der Waals surface area contributed by atoms with Crippen molar-refractivity contribution < 1.29 is 9.53 Å². The molecule has 5 heteroatoms. The number of nitrogens with two attached hydrogens (primary N) is 1. The van der Waals surface area contributed by atoms with E-state index in [-0.39, 0.29) is 18.9 Å². The molecule has 0 aliphatic heterocycles. The second-order valence-corrected chi connectivity index (χ2v) is 4.41. The number of carbonyl (C=O) groups excluding carboxylic acids is 1. The Labute approximate surface area is 123 Å². The van der Waals surface area contributed by atoms with E-state index in [1.165, 1.54) is 0 Å². The zero-order valence-electron chi connectivity index (χ0n) is 11.4. The highest BCUT2D eigenvalue weighted by atomic mass is 16.5. The fraction of sp³-hybridized carbons (Fsp3) is 0.125. The molecule has 0 heterocycles. The Morgan fingerprint density at radius 3 is 2.71 bits per heavy atom. The predicted molar refractivity (Wildman–Crippen MR) is 80.8 cm³/mol. The second-order valence-electron chi connectivity index (χ2n) is 4.41. The lowest BCUT2D eigenvalue weighted by Crippen LogP contribution is -2.15. The first-order chi connectivity index (χ1) is 10.2. The molecule has 0 saturated heterocycles. The average molecular weight is 281 g/mol. The van der Waals surface area contributed by atoms with Crippen LogP contribution >= 0.6 is 0 Å². The summed E-state index contributed by atoms with van der Waals surface area (Å²) in [6.07, 6.45) is 0.223. The van der Waals surface area contributed by atoms with Crippen molar-refractivity contribution in [1.29, 1.82) is 5.26 Å². The normalized spacial score (nSPS) is 9.67. The number of nitrogen functional groups attached to an aromatic ring is 1. The van der Waals surface area contributed by atoms with E-state index in [9.17, 15) is 4.79 Å². The van der Waals surface area contributed by atoms with Gasteiger partial charge in [-0.3, -0.25) is 4.79 Å². The summed E-state index contributed by atoms with van der Waals surface area (Å²) in [5.74, 6) is 0.504. The van der Waals surface area contributed by atoms with Crippen molar-refractivity contribution in [3.63, 3.8) is 0 Å². The standard InChI is InChI=1S/C16H15N3O2/c17-11-12-2-1-3-14(10-12)19-16(20)8-9-21-15-6-4-13(18)5-7-15/h1-7,10H,8-9,18H2,(H,19,20). The van der Waals surface area contributed by atoms with Crippen LogP contribution in [0.15, 0.2) is 48.5 Å². The Hall–Kier alpha value is -3.00. The molecule has 21 heavy (non-hydrogen) atoms. The number of ether oxygens (including phenoxy) is 1. The van der Waals surface area contributed by atoms with Crippen LogP contribution in [-0.4, -0.2) is 12.5 Å². The molecule has 0 atom stereocenters. The third-order valence-corrected chi connectivity index (χ3v) is 2.75. The lowest BCUT2D eigenvalue weighted by molar-refractivity contribution is -0.116. The maximum Gasteiger partial charge on any atom is 0.227 e. The van der Waals surface area contributed by atoms with Gasteiger partial charge in [0, 0.05) is 11.4 Å². The van der Waals surface area contributed by atoms with Crippen LogP contribution in [0.25, 0.3) is 0 Å². The molecule has 0 saturated carbocycles. The van der Waals surface area contributed by atoms with Gasteiger partial charge >= 0.3 is 0 Å². The maximum atomic E-state index is 11.8. The minimum Gasteiger partial charge on any atom is -0.493 e. The van der Waals surface area contributed by atoms with Gasteiger partial charge in [0.05, 0.1) is 24.7 Å². The number of hydrogen-bond acceptors (Lipinski definition) is 4. The molecule has 0 unspecified atom stereocenters. The third-order valence-electron chi connectivity index (χ3n) is 2.75. The summed E-state index contributed by atoms with van der Waals surface area (Å²) in [6, 6.07) is 15.8. The number of hydrogen-bond donors (Lipinski definition) is 2. The quantitative estimate of drug-likeness (QED) is 0.824. The minimum atomic E-state index is -0.166. The van der Waals surface area contributed by atoms with Crippen molar-refractivity contribution in [2.24, 2.45) is 0 Å². The Bertz CT molecular complexity index is 660. The van der Waals surface area contributed by atoms with E-state index in [1.54, 1.807) is 48.5 Å². The van der Waals surface area contributed by atoms with Crippen molar-refractivity contribution in [3.8, 4) is 11.8 Å². The van der Waals surface area contributed by atoms with E-state index in [0.29, 0.717) is 22.7 Å². The maximum absolute atomic E-state index is 11.8. The van der Waals surface area contributed by atoms with Crippen LogP contribution in [0, 0.1) is 11.3 Å². The number of nitrogens with one attached hydrogen (secondary N) is 1. The van der Waals surface area contributed by atoms with Gasteiger partial charge in [-0.05, 0) is 42.5 Å². The first-order valence-electron chi connectivity index (χ1n) is 6.46. The van der Waals surface area contributed by atoms with Crippen LogP contribution in [0.3, 0.4) is 0 Å². The van der Waals surface area contributed by atoms with Crippen molar-refractivity contribution in [3.05, 3.63) is 54.1 Å². The number of rotatable bonds is 5. The molecule has 106 valence electrons. The smallest absolute Gasteiger partial charge is 0.227 e. The first-order valence-corrected chi connectivity index (χ1v) is 6.46. The lowest BCUT2D eigenvalue weighted by atomic mass is 10.2. The fourth-order valence-corrected chi connectivity index (χ4v) is 1.72. The molecular formula is C16H15N3O2. The number of nitrogens with zero attached hydrogens (tertiary/aromatic N) is 1.